The van der Waals surface area contributed by atoms with Crippen LogP contribution in [0, 0.1) is 0 Å². The Morgan fingerprint density at radius 2 is 1.85 bits per heavy atom. The molecule has 0 aromatic heterocycles. The lowest BCUT2D eigenvalue weighted by Gasteiger charge is -2.12. The van der Waals surface area contributed by atoms with Gasteiger partial charge >= 0.3 is 5.97 Å². The molecule has 112 valence electrons. The number of methoxy groups -OCH3 is 2. The Bertz CT molecular complexity index is 418. The quantitative estimate of drug-likeness (QED) is 0.214. The molecule has 0 aliphatic carbocycles. The number of carbonyl (C=O) groups excluding carboxylic acids is 2. The molecule has 5 nitrogen and oxygen atoms in total. The highest BCUT2D eigenvalue weighted by Crippen LogP contribution is 2.14. The zero-order valence-electron chi connectivity index (χ0n) is 12.5. The number of carbonyl (C=O) groups is 2. The minimum atomic E-state index is -0.283. The molecule has 0 aliphatic rings. The van der Waals surface area contributed by atoms with E-state index < -0.39 is 0 Å². The topological polar surface area (TPSA) is 61.8 Å². The molecule has 0 aliphatic heterocycles. The number of hydrogen-bond acceptors (Lipinski definition) is 5. The summed E-state index contributed by atoms with van der Waals surface area (Å²) in [6.45, 7) is 7.29. The van der Waals surface area contributed by atoms with Gasteiger partial charge in [0.2, 0.25) is 0 Å². The lowest BCUT2D eigenvalue weighted by Crippen LogP contribution is -2.05. The highest BCUT2D eigenvalue weighted by Gasteiger charge is 2.08. The molecule has 0 rings (SSSR count). The first-order valence-corrected chi connectivity index (χ1v) is 6.28. The second-order valence-electron chi connectivity index (χ2n) is 3.96. The fourth-order valence-corrected chi connectivity index (χ4v) is 1.37. The molecule has 0 N–H and O–H groups in total. The van der Waals surface area contributed by atoms with E-state index >= 15 is 0 Å². The second kappa shape index (κ2) is 9.83. The van der Waals surface area contributed by atoms with Crippen molar-refractivity contribution in [2.24, 2.45) is 0 Å². The molecule has 20 heavy (non-hydrogen) atoms. The SMILES string of the molecule is C=C(OCCCC(=O)OC)/C(=C\C(=C\C)C(C)=O)OC. The van der Waals surface area contributed by atoms with E-state index in [1.807, 2.05) is 0 Å². The Hall–Kier alpha value is -2.04. The summed E-state index contributed by atoms with van der Waals surface area (Å²) in [5.74, 6) is 0.347. The summed E-state index contributed by atoms with van der Waals surface area (Å²) in [6.07, 6.45) is 4.06. The van der Waals surface area contributed by atoms with Gasteiger partial charge in [-0.05, 0) is 26.3 Å². The monoisotopic (exact) mass is 282 g/mol. The van der Waals surface area contributed by atoms with Crippen molar-refractivity contribution in [2.75, 3.05) is 20.8 Å². The number of rotatable bonds is 9. The maximum atomic E-state index is 11.3. The van der Waals surface area contributed by atoms with Gasteiger partial charge in [0.15, 0.2) is 17.3 Å². The van der Waals surface area contributed by atoms with Gasteiger partial charge in [0, 0.05) is 12.0 Å². The Kier molecular flexibility index (Phi) is 8.83. The Morgan fingerprint density at radius 3 is 2.30 bits per heavy atom. The zero-order chi connectivity index (χ0) is 15.5. The molecular formula is C15H22O5. The molecule has 0 spiro atoms. The first kappa shape index (κ1) is 18.0. The second-order valence-corrected chi connectivity index (χ2v) is 3.96. The Balaban J connectivity index is 4.45. The third-order valence-electron chi connectivity index (χ3n) is 2.53. The molecule has 0 radical (unpaired) electrons. The van der Waals surface area contributed by atoms with Crippen LogP contribution in [0.2, 0.25) is 0 Å². The predicted octanol–water partition coefficient (Wildman–Crippen LogP) is 2.54. The molecule has 0 saturated carbocycles. The van der Waals surface area contributed by atoms with Crippen LogP contribution in [0.3, 0.4) is 0 Å². The Labute approximate surface area is 119 Å². The first-order valence-electron chi connectivity index (χ1n) is 6.28. The summed E-state index contributed by atoms with van der Waals surface area (Å²) < 4.78 is 15.0. The molecule has 0 saturated heterocycles. The highest BCUT2D eigenvalue weighted by atomic mass is 16.5. The van der Waals surface area contributed by atoms with Gasteiger partial charge in [0.25, 0.3) is 0 Å². The van der Waals surface area contributed by atoms with Crippen molar-refractivity contribution in [3.8, 4) is 0 Å². The number of Topliss-reactive ketones (excluding diaryl/α,β-unsaturated/α-hetero) is 1. The number of allylic oxidation sites excluding steroid dienone is 3. The summed E-state index contributed by atoms with van der Waals surface area (Å²) in [6, 6.07) is 0. The van der Waals surface area contributed by atoms with Gasteiger partial charge in [-0.15, -0.1) is 0 Å². The molecule has 0 bridgehead atoms. The average molecular weight is 282 g/mol. The van der Waals surface area contributed by atoms with Crippen molar-refractivity contribution in [2.45, 2.75) is 26.7 Å². The fraction of sp³-hybridized carbons (Fsp3) is 0.467. The predicted molar refractivity (Wildman–Crippen MR) is 75.9 cm³/mol. The Morgan fingerprint density at radius 1 is 1.20 bits per heavy atom. The maximum Gasteiger partial charge on any atom is 0.305 e. The molecule has 5 heteroatoms. The third kappa shape index (κ3) is 6.78. The van der Waals surface area contributed by atoms with Crippen LogP contribution in [0.1, 0.15) is 26.7 Å². The molecule has 0 heterocycles. The third-order valence-corrected chi connectivity index (χ3v) is 2.53. The van der Waals surface area contributed by atoms with Gasteiger partial charge in [-0.25, -0.2) is 0 Å². The molecule has 0 amide bonds. The minimum absolute atomic E-state index is 0.0689. The van der Waals surface area contributed by atoms with Gasteiger partial charge in [-0.3, -0.25) is 9.59 Å². The maximum absolute atomic E-state index is 11.3. The van der Waals surface area contributed by atoms with Gasteiger partial charge in [0.1, 0.15) is 0 Å². The van der Waals surface area contributed by atoms with E-state index in [9.17, 15) is 9.59 Å². The zero-order valence-corrected chi connectivity index (χ0v) is 12.5. The van der Waals surface area contributed by atoms with Crippen molar-refractivity contribution in [3.63, 3.8) is 0 Å². The van der Waals surface area contributed by atoms with Gasteiger partial charge in [-0.2, -0.15) is 0 Å². The summed E-state index contributed by atoms with van der Waals surface area (Å²) in [4.78, 5) is 22.3. The van der Waals surface area contributed by atoms with Crippen molar-refractivity contribution in [3.05, 3.63) is 35.8 Å². The molecule has 0 atom stereocenters. The van der Waals surface area contributed by atoms with E-state index in [0.717, 1.165) is 0 Å². The number of esters is 1. The van der Waals surface area contributed by atoms with Gasteiger partial charge < -0.3 is 14.2 Å². The van der Waals surface area contributed by atoms with Crippen LogP contribution in [-0.2, 0) is 23.8 Å². The van der Waals surface area contributed by atoms with Crippen molar-refractivity contribution >= 4 is 11.8 Å². The summed E-state index contributed by atoms with van der Waals surface area (Å²) in [5, 5.41) is 0. The van der Waals surface area contributed by atoms with Crippen LogP contribution < -0.4 is 0 Å². The summed E-state index contributed by atoms with van der Waals surface area (Å²) >= 11 is 0. The van der Waals surface area contributed by atoms with Crippen molar-refractivity contribution in [1.29, 1.82) is 0 Å². The van der Waals surface area contributed by atoms with E-state index in [0.29, 0.717) is 30.1 Å². The summed E-state index contributed by atoms with van der Waals surface area (Å²) in [5.41, 5.74) is 0.515. The molecule has 0 unspecified atom stereocenters. The van der Waals surface area contributed by atoms with Crippen LogP contribution in [0.5, 0.6) is 0 Å². The number of hydrogen-bond donors (Lipinski definition) is 0. The normalized spacial score (nSPS) is 11.8. The van der Waals surface area contributed by atoms with Crippen molar-refractivity contribution in [1.82, 2.24) is 0 Å². The van der Waals surface area contributed by atoms with E-state index in [2.05, 4.69) is 11.3 Å². The molecular weight excluding hydrogens is 260 g/mol. The number of ketones is 1. The molecule has 0 aromatic carbocycles. The molecule has 0 fully saturated rings. The highest BCUT2D eigenvalue weighted by molar-refractivity contribution is 5.96. The largest absolute Gasteiger partial charge is 0.493 e. The fourth-order valence-electron chi connectivity index (χ4n) is 1.37. The van der Waals surface area contributed by atoms with Crippen LogP contribution in [0.4, 0.5) is 0 Å². The smallest absolute Gasteiger partial charge is 0.305 e. The van der Waals surface area contributed by atoms with E-state index in [1.54, 1.807) is 19.1 Å². The summed E-state index contributed by atoms with van der Waals surface area (Å²) in [7, 11) is 2.82. The van der Waals surface area contributed by atoms with Crippen molar-refractivity contribution < 1.29 is 23.8 Å². The van der Waals surface area contributed by atoms with E-state index in [4.69, 9.17) is 9.47 Å². The van der Waals surface area contributed by atoms with Gasteiger partial charge in [0.05, 0.1) is 20.8 Å². The van der Waals surface area contributed by atoms with E-state index in [1.165, 1.54) is 21.1 Å². The van der Waals surface area contributed by atoms with Crippen LogP contribution in [0.15, 0.2) is 35.8 Å². The van der Waals surface area contributed by atoms with Gasteiger partial charge in [-0.1, -0.05) is 12.7 Å². The standard InChI is InChI=1S/C15H22O5/c1-6-13(11(2)16)10-14(18-4)12(3)20-9-7-8-15(17)19-5/h6,10H,3,7-9H2,1-2,4-5H3/b13-6-,14-10+. The first-order chi connectivity index (χ1) is 9.46. The van der Waals surface area contributed by atoms with E-state index in [-0.39, 0.29) is 18.2 Å². The molecule has 0 aromatic rings. The van der Waals surface area contributed by atoms with Crippen LogP contribution in [-0.4, -0.2) is 32.6 Å². The lowest BCUT2D eigenvalue weighted by atomic mass is 10.1. The minimum Gasteiger partial charge on any atom is -0.493 e. The van der Waals surface area contributed by atoms with Crippen LogP contribution >= 0.6 is 0 Å². The average Bonchev–Trinajstić information content (AvgIpc) is 2.43. The number of ether oxygens (including phenoxy) is 3. The van der Waals surface area contributed by atoms with Crippen LogP contribution in [0.25, 0.3) is 0 Å². The lowest BCUT2D eigenvalue weighted by molar-refractivity contribution is -0.140.